The molecule has 0 bridgehead atoms. The predicted octanol–water partition coefficient (Wildman–Crippen LogP) is 2.27. The fraction of sp³-hybridized carbons (Fsp3) is 0.263. The van der Waals surface area contributed by atoms with Gasteiger partial charge in [0.2, 0.25) is 5.91 Å². The Kier molecular flexibility index (Phi) is 4.03. The normalized spacial score (nSPS) is 21.8. The fourth-order valence-electron chi connectivity index (χ4n) is 3.49. The van der Waals surface area contributed by atoms with E-state index in [4.69, 9.17) is 0 Å². The van der Waals surface area contributed by atoms with Crippen LogP contribution in [0.2, 0.25) is 0 Å². The molecule has 0 aromatic heterocycles. The highest BCUT2D eigenvalue weighted by Gasteiger charge is 2.31. The van der Waals surface area contributed by atoms with Crippen molar-refractivity contribution in [1.29, 1.82) is 0 Å². The van der Waals surface area contributed by atoms with Gasteiger partial charge >= 0.3 is 0 Å². The second-order valence-electron chi connectivity index (χ2n) is 6.56. The van der Waals surface area contributed by atoms with E-state index in [0.717, 1.165) is 17.7 Å². The van der Waals surface area contributed by atoms with Gasteiger partial charge in [0.25, 0.3) is 10.0 Å². The minimum absolute atomic E-state index is 0.102. The van der Waals surface area contributed by atoms with Crippen molar-refractivity contribution in [3.05, 3.63) is 59.7 Å². The second kappa shape index (κ2) is 6.25. The van der Waals surface area contributed by atoms with E-state index in [1.165, 1.54) is 6.07 Å². The van der Waals surface area contributed by atoms with Crippen molar-refractivity contribution in [2.45, 2.75) is 24.2 Å². The lowest BCUT2D eigenvalue weighted by atomic mass is 9.91. The maximum Gasteiger partial charge on any atom is 0.263 e. The molecule has 2 aromatic carbocycles. The number of sulfonamides is 1. The van der Waals surface area contributed by atoms with Gasteiger partial charge in [0.15, 0.2) is 0 Å². The largest absolute Gasteiger partial charge is 0.311 e. The molecule has 1 atom stereocenters. The van der Waals surface area contributed by atoms with Crippen molar-refractivity contribution in [3.63, 3.8) is 0 Å². The number of amidine groups is 1. The first-order chi connectivity index (χ1) is 12.5. The van der Waals surface area contributed by atoms with Crippen LogP contribution in [0.4, 0.5) is 5.69 Å². The third kappa shape index (κ3) is 2.78. The molecule has 0 unspecified atom stereocenters. The van der Waals surface area contributed by atoms with Crippen molar-refractivity contribution >= 4 is 27.5 Å². The molecule has 0 radical (unpaired) electrons. The predicted molar refractivity (Wildman–Crippen MR) is 100.0 cm³/mol. The first kappa shape index (κ1) is 16.8. The van der Waals surface area contributed by atoms with Gasteiger partial charge in [-0.3, -0.25) is 14.5 Å². The zero-order valence-corrected chi connectivity index (χ0v) is 15.2. The molecule has 0 spiro atoms. The third-order valence-electron chi connectivity index (χ3n) is 4.88. The van der Waals surface area contributed by atoms with Gasteiger partial charge in [-0.1, -0.05) is 37.3 Å². The van der Waals surface area contributed by atoms with Crippen LogP contribution in [-0.4, -0.2) is 33.3 Å². The van der Waals surface area contributed by atoms with Crippen molar-refractivity contribution < 1.29 is 13.2 Å². The molecule has 7 heteroatoms. The number of carbonyl (C=O) groups excluding carboxylic acids is 1. The summed E-state index contributed by atoms with van der Waals surface area (Å²) in [5.74, 6) is 0.503. The average molecular weight is 369 g/mol. The Morgan fingerprint density at radius 3 is 2.77 bits per heavy atom. The monoisotopic (exact) mass is 369 g/mol. The highest BCUT2D eigenvalue weighted by molar-refractivity contribution is 7.90. The van der Waals surface area contributed by atoms with Gasteiger partial charge in [-0.15, -0.1) is 0 Å². The molecule has 2 aromatic rings. The number of aliphatic imine (C=N–C) groups is 1. The summed E-state index contributed by atoms with van der Waals surface area (Å²) in [6.07, 6.45) is 0.898. The van der Waals surface area contributed by atoms with E-state index in [9.17, 15) is 13.2 Å². The summed E-state index contributed by atoms with van der Waals surface area (Å²) in [4.78, 5) is 18.9. The molecule has 2 aliphatic rings. The Labute approximate surface area is 152 Å². The Bertz CT molecular complexity index is 1010. The zero-order chi connectivity index (χ0) is 18.3. The molecule has 1 amide bonds. The van der Waals surface area contributed by atoms with Gasteiger partial charge in [-0.25, -0.2) is 8.42 Å². The van der Waals surface area contributed by atoms with Crippen LogP contribution in [0.3, 0.4) is 0 Å². The summed E-state index contributed by atoms with van der Waals surface area (Å²) >= 11 is 0. The Morgan fingerprint density at radius 2 is 1.92 bits per heavy atom. The number of hydrogen-bond acceptors (Lipinski definition) is 4. The molecule has 0 aliphatic carbocycles. The lowest BCUT2D eigenvalue weighted by Gasteiger charge is -2.32. The van der Waals surface area contributed by atoms with Crippen molar-refractivity contribution in [1.82, 2.24) is 4.72 Å². The molecule has 0 fully saturated rings. The average Bonchev–Trinajstić information content (AvgIpc) is 2.91. The number of benzene rings is 2. The number of fused-ring (bicyclic) bond motifs is 2. The van der Waals surface area contributed by atoms with E-state index in [0.29, 0.717) is 18.0 Å². The van der Waals surface area contributed by atoms with Crippen LogP contribution in [0.5, 0.6) is 0 Å². The molecule has 2 aliphatic heterocycles. The van der Waals surface area contributed by atoms with Gasteiger partial charge < -0.3 is 4.90 Å². The van der Waals surface area contributed by atoms with E-state index >= 15 is 0 Å². The number of nitrogens with zero attached hydrogens (tertiary/aromatic N) is 2. The Morgan fingerprint density at radius 1 is 1.19 bits per heavy atom. The summed E-state index contributed by atoms with van der Waals surface area (Å²) in [7, 11) is -3.59. The third-order valence-corrected chi connectivity index (χ3v) is 6.28. The lowest BCUT2D eigenvalue weighted by molar-refractivity contribution is -0.117. The maximum absolute atomic E-state index is 12.7. The van der Waals surface area contributed by atoms with E-state index in [-0.39, 0.29) is 23.2 Å². The van der Waals surface area contributed by atoms with Gasteiger partial charge in [0.05, 0.1) is 4.90 Å². The molecular weight excluding hydrogens is 350 g/mol. The molecule has 0 saturated heterocycles. The molecule has 2 heterocycles. The molecule has 26 heavy (non-hydrogen) atoms. The van der Waals surface area contributed by atoms with Crippen LogP contribution in [0.1, 0.15) is 30.4 Å². The summed E-state index contributed by atoms with van der Waals surface area (Å²) in [5, 5.41) is 0. The number of rotatable bonds is 2. The van der Waals surface area contributed by atoms with Crippen LogP contribution in [-0.2, 0) is 14.8 Å². The van der Waals surface area contributed by atoms with Crippen LogP contribution < -0.4 is 9.62 Å². The molecule has 1 N–H and O–H groups in total. The summed E-state index contributed by atoms with van der Waals surface area (Å²) < 4.78 is 26.7. The van der Waals surface area contributed by atoms with E-state index in [2.05, 4.69) is 16.6 Å². The summed E-state index contributed by atoms with van der Waals surface area (Å²) in [6, 6.07) is 14.5. The number of amides is 1. The fourth-order valence-corrected chi connectivity index (χ4v) is 4.74. The van der Waals surface area contributed by atoms with E-state index < -0.39 is 10.0 Å². The summed E-state index contributed by atoms with van der Waals surface area (Å²) in [6.45, 7) is 2.70. The van der Waals surface area contributed by atoms with Crippen LogP contribution >= 0.6 is 0 Å². The zero-order valence-electron chi connectivity index (χ0n) is 14.3. The SMILES string of the molecule is C[C@H]1CCN(C(=O)CN=C2NS(=O)(=O)c3ccccc32)c2ccccc21. The smallest absolute Gasteiger partial charge is 0.263 e. The van der Waals surface area contributed by atoms with Gasteiger partial charge in [0.1, 0.15) is 12.4 Å². The molecule has 6 nitrogen and oxygen atoms in total. The van der Waals surface area contributed by atoms with Crippen LogP contribution in [0.25, 0.3) is 0 Å². The van der Waals surface area contributed by atoms with Crippen LogP contribution in [0, 0.1) is 0 Å². The number of nitrogens with one attached hydrogen (secondary N) is 1. The highest BCUT2D eigenvalue weighted by atomic mass is 32.2. The van der Waals surface area contributed by atoms with Crippen LogP contribution in [0.15, 0.2) is 58.4 Å². The number of carbonyl (C=O) groups is 1. The first-order valence-electron chi connectivity index (χ1n) is 8.53. The van der Waals surface area contributed by atoms with E-state index in [1.54, 1.807) is 23.1 Å². The van der Waals surface area contributed by atoms with Crippen molar-refractivity contribution in [2.24, 2.45) is 4.99 Å². The topological polar surface area (TPSA) is 78.8 Å². The van der Waals surface area contributed by atoms with Gasteiger partial charge in [-0.05, 0) is 36.1 Å². The number of hydrogen-bond donors (Lipinski definition) is 1. The number of para-hydroxylation sites is 1. The highest BCUT2D eigenvalue weighted by Crippen LogP contribution is 2.34. The molecule has 4 rings (SSSR count). The maximum atomic E-state index is 12.7. The number of anilines is 1. The minimum Gasteiger partial charge on any atom is -0.311 e. The molecular formula is C19H19N3O3S. The first-order valence-corrected chi connectivity index (χ1v) is 10.0. The quantitative estimate of drug-likeness (QED) is 0.882. The Hall–Kier alpha value is -2.67. The van der Waals surface area contributed by atoms with Gasteiger partial charge in [-0.2, -0.15) is 0 Å². The Balaban J connectivity index is 1.59. The lowest BCUT2D eigenvalue weighted by Crippen LogP contribution is -2.38. The molecule has 0 saturated carbocycles. The second-order valence-corrected chi connectivity index (χ2v) is 8.21. The van der Waals surface area contributed by atoms with Gasteiger partial charge in [0, 0.05) is 17.8 Å². The van der Waals surface area contributed by atoms with Crippen molar-refractivity contribution in [3.8, 4) is 0 Å². The minimum atomic E-state index is -3.59. The standard InChI is InChI=1S/C19H19N3O3S/c1-13-10-11-22(16-8-4-2-6-14(13)16)18(23)12-20-19-15-7-3-5-9-17(15)26(24,25)21-19/h2-9,13H,10-12H2,1H3,(H,20,21)/t13-/m0/s1. The van der Waals surface area contributed by atoms with Crippen molar-refractivity contribution in [2.75, 3.05) is 18.0 Å². The molecule has 134 valence electrons. The van der Waals surface area contributed by atoms with E-state index in [1.807, 2.05) is 24.3 Å². The summed E-state index contributed by atoms with van der Waals surface area (Å²) in [5.41, 5.74) is 2.59.